The maximum absolute atomic E-state index is 5.31. The van der Waals surface area contributed by atoms with Gasteiger partial charge in [-0.1, -0.05) is 12.1 Å². The van der Waals surface area contributed by atoms with Gasteiger partial charge in [-0.3, -0.25) is 0 Å². The Bertz CT molecular complexity index is 494. The lowest BCUT2D eigenvalue weighted by Crippen LogP contribution is -1.89. The third-order valence-corrected chi connectivity index (χ3v) is 3.18. The molecule has 0 atom stereocenters. The van der Waals surface area contributed by atoms with Crippen molar-refractivity contribution < 1.29 is 9.47 Å². The molecule has 2 nitrogen and oxygen atoms in total. The van der Waals surface area contributed by atoms with Crippen molar-refractivity contribution in [2.45, 2.75) is 0 Å². The third-order valence-electron chi connectivity index (χ3n) is 2.33. The van der Waals surface area contributed by atoms with Crippen LogP contribution in [0.1, 0.15) is 0 Å². The molecule has 2 aromatic carbocycles. The highest BCUT2D eigenvalue weighted by Crippen LogP contribution is 2.32. The van der Waals surface area contributed by atoms with Crippen molar-refractivity contribution >= 4 is 33.4 Å². The Hall–Kier alpha value is -0.970. The molecule has 2 rings (SSSR count). The first kappa shape index (κ1) is 10.5. The molecule has 15 heavy (non-hydrogen) atoms. The molecule has 2 aromatic rings. The molecule has 78 valence electrons. The Morgan fingerprint density at radius 1 is 1.00 bits per heavy atom. The van der Waals surface area contributed by atoms with E-state index in [2.05, 4.69) is 34.7 Å². The van der Waals surface area contributed by atoms with Crippen LogP contribution in [0, 0.1) is 3.57 Å². The first-order valence-corrected chi connectivity index (χ1v) is 5.64. The third kappa shape index (κ3) is 1.88. The van der Waals surface area contributed by atoms with E-state index in [1.807, 2.05) is 18.2 Å². The van der Waals surface area contributed by atoms with E-state index >= 15 is 0 Å². The van der Waals surface area contributed by atoms with Crippen LogP contribution in [-0.2, 0) is 0 Å². The fraction of sp³-hybridized carbons (Fsp3) is 0.167. The van der Waals surface area contributed by atoms with Gasteiger partial charge in [0, 0.05) is 5.39 Å². The molecule has 3 heteroatoms. The molecule has 0 N–H and O–H groups in total. The molecule has 0 unspecified atom stereocenters. The molecule has 0 fully saturated rings. The Kier molecular flexibility index (Phi) is 3.00. The lowest BCUT2D eigenvalue weighted by atomic mass is 10.1. The van der Waals surface area contributed by atoms with Crippen LogP contribution in [0.5, 0.6) is 11.5 Å². The summed E-state index contributed by atoms with van der Waals surface area (Å²) >= 11 is 2.27. The van der Waals surface area contributed by atoms with Crippen molar-refractivity contribution in [2.75, 3.05) is 14.2 Å². The fourth-order valence-corrected chi connectivity index (χ4v) is 2.29. The van der Waals surface area contributed by atoms with Crippen molar-refractivity contribution in [3.63, 3.8) is 0 Å². The molecular formula is C12H11IO2. The van der Waals surface area contributed by atoms with E-state index in [9.17, 15) is 0 Å². The molecule has 0 saturated heterocycles. The predicted molar refractivity (Wildman–Crippen MR) is 69.8 cm³/mol. The number of hydrogen-bond donors (Lipinski definition) is 0. The smallest absolute Gasteiger partial charge is 0.132 e. The minimum Gasteiger partial charge on any atom is -0.496 e. The highest BCUT2D eigenvalue weighted by atomic mass is 127. The number of halogens is 1. The number of rotatable bonds is 2. The number of hydrogen-bond acceptors (Lipinski definition) is 2. The van der Waals surface area contributed by atoms with Gasteiger partial charge in [0.05, 0.1) is 17.8 Å². The van der Waals surface area contributed by atoms with Crippen LogP contribution < -0.4 is 9.47 Å². The number of benzene rings is 2. The van der Waals surface area contributed by atoms with Crippen LogP contribution in [-0.4, -0.2) is 14.2 Å². The van der Waals surface area contributed by atoms with Gasteiger partial charge >= 0.3 is 0 Å². The zero-order valence-corrected chi connectivity index (χ0v) is 10.7. The number of fused-ring (bicyclic) bond motifs is 1. The zero-order chi connectivity index (χ0) is 10.8. The summed E-state index contributed by atoms with van der Waals surface area (Å²) in [6, 6.07) is 10.1. The van der Waals surface area contributed by atoms with Crippen molar-refractivity contribution in [1.82, 2.24) is 0 Å². The second-order valence-electron chi connectivity index (χ2n) is 3.17. The average Bonchev–Trinajstić information content (AvgIpc) is 2.27. The summed E-state index contributed by atoms with van der Waals surface area (Å²) in [5.74, 6) is 1.76. The summed E-state index contributed by atoms with van der Waals surface area (Å²) in [5.41, 5.74) is 0. The van der Waals surface area contributed by atoms with Gasteiger partial charge < -0.3 is 9.47 Å². The summed E-state index contributed by atoms with van der Waals surface area (Å²) in [4.78, 5) is 0. The minimum atomic E-state index is 0.877. The van der Waals surface area contributed by atoms with Crippen molar-refractivity contribution in [2.24, 2.45) is 0 Å². The number of methoxy groups -OCH3 is 2. The second kappa shape index (κ2) is 4.26. The first-order chi connectivity index (χ1) is 7.26. The summed E-state index contributed by atoms with van der Waals surface area (Å²) in [6.07, 6.45) is 0. The van der Waals surface area contributed by atoms with Gasteiger partial charge in [0.25, 0.3) is 0 Å². The largest absolute Gasteiger partial charge is 0.496 e. The van der Waals surface area contributed by atoms with Crippen LogP contribution in [0.25, 0.3) is 10.8 Å². The normalized spacial score (nSPS) is 10.3. The predicted octanol–water partition coefficient (Wildman–Crippen LogP) is 3.46. The van der Waals surface area contributed by atoms with E-state index < -0.39 is 0 Å². The van der Waals surface area contributed by atoms with Gasteiger partial charge in [0.1, 0.15) is 11.5 Å². The molecule has 0 spiro atoms. The van der Waals surface area contributed by atoms with E-state index in [4.69, 9.17) is 9.47 Å². The zero-order valence-electron chi connectivity index (χ0n) is 8.58. The highest BCUT2D eigenvalue weighted by molar-refractivity contribution is 14.1. The molecular weight excluding hydrogens is 303 g/mol. The van der Waals surface area contributed by atoms with Crippen LogP contribution in [0.3, 0.4) is 0 Å². The van der Waals surface area contributed by atoms with Gasteiger partial charge in [-0.15, -0.1) is 0 Å². The Morgan fingerprint density at radius 3 is 2.40 bits per heavy atom. The average molecular weight is 314 g/mol. The van der Waals surface area contributed by atoms with Gasteiger partial charge in [0.15, 0.2) is 0 Å². The van der Waals surface area contributed by atoms with Crippen LogP contribution in [0.4, 0.5) is 0 Å². The van der Waals surface area contributed by atoms with Crippen LogP contribution in [0.15, 0.2) is 30.3 Å². The highest BCUT2D eigenvalue weighted by Gasteiger charge is 2.06. The van der Waals surface area contributed by atoms with Crippen molar-refractivity contribution in [1.29, 1.82) is 0 Å². The van der Waals surface area contributed by atoms with E-state index in [-0.39, 0.29) is 0 Å². The van der Waals surface area contributed by atoms with Crippen LogP contribution in [0.2, 0.25) is 0 Å². The summed E-state index contributed by atoms with van der Waals surface area (Å²) in [6.45, 7) is 0. The molecule has 0 aliphatic rings. The van der Waals surface area contributed by atoms with E-state index in [1.54, 1.807) is 14.2 Å². The van der Waals surface area contributed by atoms with E-state index in [0.29, 0.717) is 0 Å². The molecule has 0 heterocycles. The lowest BCUT2D eigenvalue weighted by molar-refractivity contribution is 0.410. The molecule has 0 saturated carbocycles. The van der Waals surface area contributed by atoms with Gasteiger partial charge in [-0.2, -0.15) is 0 Å². The van der Waals surface area contributed by atoms with Crippen molar-refractivity contribution in [3.8, 4) is 11.5 Å². The standard InChI is InChI=1S/C12H11IO2/c1-14-11-5-3-4-8-6-10(13)12(15-2)7-9(8)11/h3-7H,1-2H3. The first-order valence-electron chi connectivity index (χ1n) is 4.56. The lowest BCUT2D eigenvalue weighted by Gasteiger charge is -2.08. The number of ether oxygens (including phenoxy) is 2. The SMILES string of the molecule is COc1cc2c(OC)cccc2cc1I. The topological polar surface area (TPSA) is 18.5 Å². The Balaban J connectivity index is 2.76. The molecule has 0 aliphatic carbocycles. The summed E-state index contributed by atoms with van der Waals surface area (Å²) in [7, 11) is 3.36. The Morgan fingerprint density at radius 2 is 1.73 bits per heavy atom. The Labute approximate surface area is 102 Å². The van der Waals surface area contributed by atoms with E-state index in [0.717, 1.165) is 20.5 Å². The molecule has 0 amide bonds. The van der Waals surface area contributed by atoms with Gasteiger partial charge in [0.2, 0.25) is 0 Å². The quantitative estimate of drug-likeness (QED) is 0.791. The summed E-state index contributed by atoms with van der Waals surface area (Å²) < 4.78 is 11.7. The molecule has 0 radical (unpaired) electrons. The van der Waals surface area contributed by atoms with Gasteiger partial charge in [-0.05, 0) is 46.2 Å². The van der Waals surface area contributed by atoms with Crippen molar-refractivity contribution in [3.05, 3.63) is 33.9 Å². The summed E-state index contributed by atoms with van der Waals surface area (Å²) in [5, 5.41) is 2.25. The maximum Gasteiger partial charge on any atom is 0.132 e. The minimum absolute atomic E-state index is 0.877. The molecule has 0 aliphatic heterocycles. The van der Waals surface area contributed by atoms with E-state index in [1.165, 1.54) is 5.39 Å². The monoisotopic (exact) mass is 314 g/mol. The van der Waals surface area contributed by atoms with Gasteiger partial charge in [-0.25, -0.2) is 0 Å². The maximum atomic E-state index is 5.31. The van der Waals surface area contributed by atoms with Crippen LogP contribution >= 0.6 is 22.6 Å². The molecule has 0 bridgehead atoms. The fourth-order valence-electron chi connectivity index (χ4n) is 1.58. The molecule has 0 aromatic heterocycles. The second-order valence-corrected chi connectivity index (χ2v) is 4.33.